The van der Waals surface area contributed by atoms with Gasteiger partial charge in [-0.2, -0.15) is 5.10 Å². The van der Waals surface area contributed by atoms with Gasteiger partial charge >= 0.3 is 6.03 Å². The van der Waals surface area contributed by atoms with Crippen molar-refractivity contribution in [2.45, 2.75) is 0 Å². The van der Waals surface area contributed by atoms with Crippen LogP contribution in [0.4, 0.5) is 4.79 Å². The molecular weight excluding hydrogens is 270 g/mol. The summed E-state index contributed by atoms with van der Waals surface area (Å²) in [4.78, 5) is 10.5. The second kappa shape index (κ2) is 7.27. The molecule has 1 aromatic carbocycles. The van der Waals surface area contributed by atoms with Crippen LogP contribution in [-0.4, -0.2) is 26.0 Å². The topological polar surface area (TPSA) is 85.9 Å². The number of urea groups is 1. The molecular formula is C12H14ClN3O3. The molecule has 0 aliphatic rings. The number of nitrogens with one attached hydrogen (secondary N) is 1. The minimum atomic E-state index is -0.759. The van der Waals surface area contributed by atoms with Crippen LogP contribution in [0, 0.1) is 0 Å². The number of carbonyl (C=O) groups is 1. The first kappa shape index (κ1) is 14.8. The fourth-order valence-electron chi connectivity index (χ4n) is 1.24. The fraction of sp³-hybridized carbons (Fsp3) is 0.167. The summed E-state index contributed by atoms with van der Waals surface area (Å²) in [5.74, 6) is 0.985. The molecule has 6 nitrogen and oxygen atoms in total. The van der Waals surface area contributed by atoms with Gasteiger partial charge in [0.25, 0.3) is 0 Å². The second-order valence-electron chi connectivity index (χ2n) is 3.36. The van der Waals surface area contributed by atoms with Gasteiger partial charge in [-0.05, 0) is 6.07 Å². The molecule has 19 heavy (non-hydrogen) atoms. The van der Waals surface area contributed by atoms with Gasteiger partial charge in [-0.15, -0.1) is 0 Å². The molecule has 0 radical (unpaired) electrons. The Morgan fingerprint density at radius 3 is 2.89 bits per heavy atom. The highest BCUT2D eigenvalue weighted by Gasteiger charge is 2.09. The van der Waals surface area contributed by atoms with Crippen molar-refractivity contribution in [2.75, 3.05) is 13.7 Å². The molecule has 1 aromatic rings. The summed E-state index contributed by atoms with van der Waals surface area (Å²) < 4.78 is 10.6. The summed E-state index contributed by atoms with van der Waals surface area (Å²) in [5.41, 5.74) is 7.50. The van der Waals surface area contributed by atoms with Crippen molar-refractivity contribution < 1.29 is 14.3 Å². The maximum atomic E-state index is 10.5. The summed E-state index contributed by atoms with van der Waals surface area (Å²) in [6.45, 7) is 3.89. The summed E-state index contributed by atoms with van der Waals surface area (Å²) in [5, 5.41) is 4.02. The lowest BCUT2D eigenvalue weighted by Crippen LogP contribution is -2.24. The predicted octanol–water partition coefficient (Wildman–Crippen LogP) is 1.92. The standard InChI is InChI=1S/C12H14ClN3O3/c1-3-4-19-11-6-9(13)8(5-10(11)18-2)7-15-16-12(14)17/h3,5-7H,1,4H2,2H3,(H3,14,16,17). The molecule has 0 heterocycles. The zero-order valence-corrected chi connectivity index (χ0v) is 11.1. The van der Waals surface area contributed by atoms with Crippen molar-refractivity contribution in [3.8, 4) is 11.5 Å². The van der Waals surface area contributed by atoms with E-state index in [4.69, 9.17) is 26.8 Å². The van der Waals surface area contributed by atoms with Crippen molar-refractivity contribution in [3.05, 3.63) is 35.4 Å². The van der Waals surface area contributed by atoms with Gasteiger partial charge in [0.15, 0.2) is 11.5 Å². The van der Waals surface area contributed by atoms with E-state index in [0.29, 0.717) is 28.7 Å². The van der Waals surface area contributed by atoms with Gasteiger partial charge < -0.3 is 15.2 Å². The average Bonchev–Trinajstić information content (AvgIpc) is 2.38. The monoisotopic (exact) mass is 283 g/mol. The number of nitrogens with zero attached hydrogens (tertiary/aromatic N) is 1. The van der Waals surface area contributed by atoms with Crippen LogP contribution in [0.2, 0.25) is 5.02 Å². The molecule has 2 amide bonds. The zero-order chi connectivity index (χ0) is 14.3. The van der Waals surface area contributed by atoms with Gasteiger partial charge in [0.1, 0.15) is 6.61 Å². The number of hydrazone groups is 1. The quantitative estimate of drug-likeness (QED) is 0.475. The van der Waals surface area contributed by atoms with Crippen LogP contribution >= 0.6 is 11.6 Å². The molecule has 0 unspecified atom stereocenters. The van der Waals surface area contributed by atoms with Crippen molar-refractivity contribution in [1.29, 1.82) is 0 Å². The van der Waals surface area contributed by atoms with E-state index in [2.05, 4.69) is 17.1 Å². The first-order valence-electron chi connectivity index (χ1n) is 5.28. The number of benzene rings is 1. The Kier molecular flexibility index (Phi) is 5.69. The van der Waals surface area contributed by atoms with Crippen LogP contribution in [0.25, 0.3) is 0 Å². The molecule has 1 rings (SSSR count). The van der Waals surface area contributed by atoms with Crippen molar-refractivity contribution in [1.82, 2.24) is 5.43 Å². The third-order valence-electron chi connectivity index (χ3n) is 2.02. The van der Waals surface area contributed by atoms with Gasteiger partial charge in [0, 0.05) is 11.6 Å². The lowest BCUT2D eigenvalue weighted by molar-refractivity contribution is 0.249. The Bertz CT molecular complexity index is 503. The van der Waals surface area contributed by atoms with Crippen LogP contribution in [0.15, 0.2) is 29.9 Å². The third-order valence-corrected chi connectivity index (χ3v) is 2.35. The first-order valence-corrected chi connectivity index (χ1v) is 5.66. The van der Waals surface area contributed by atoms with Gasteiger partial charge in [-0.3, -0.25) is 0 Å². The van der Waals surface area contributed by atoms with Crippen molar-refractivity contribution in [2.24, 2.45) is 10.8 Å². The highest BCUT2D eigenvalue weighted by molar-refractivity contribution is 6.33. The number of hydrogen-bond acceptors (Lipinski definition) is 4. The molecule has 0 aliphatic heterocycles. The molecule has 0 saturated carbocycles. The molecule has 0 aliphatic carbocycles. The normalized spacial score (nSPS) is 10.2. The maximum Gasteiger partial charge on any atom is 0.332 e. The number of hydrogen-bond donors (Lipinski definition) is 2. The Labute approximate surface area is 115 Å². The number of amides is 2. The molecule has 0 aromatic heterocycles. The number of ether oxygens (including phenoxy) is 2. The van der Waals surface area contributed by atoms with Crippen LogP contribution in [0.3, 0.4) is 0 Å². The zero-order valence-electron chi connectivity index (χ0n) is 10.4. The summed E-state index contributed by atoms with van der Waals surface area (Å²) >= 11 is 6.06. The van der Waals surface area contributed by atoms with Crippen LogP contribution < -0.4 is 20.6 Å². The predicted molar refractivity (Wildman–Crippen MR) is 74.0 cm³/mol. The molecule has 0 bridgehead atoms. The molecule has 102 valence electrons. The Morgan fingerprint density at radius 1 is 1.58 bits per heavy atom. The minimum Gasteiger partial charge on any atom is -0.493 e. The number of halogens is 1. The second-order valence-corrected chi connectivity index (χ2v) is 3.77. The van der Waals surface area contributed by atoms with Gasteiger partial charge in [-0.1, -0.05) is 24.3 Å². The average molecular weight is 284 g/mol. The van der Waals surface area contributed by atoms with Crippen LogP contribution in [0.1, 0.15) is 5.56 Å². The summed E-state index contributed by atoms with van der Waals surface area (Å²) in [6.07, 6.45) is 2.96. The highest BCUT2D eigenvalue weighted by Crippen LogP contribution is 2.32. The summed E-state index contributed by atoms with van der Waals surface area (Å²) in [7, 11) is 1.51. The lowest BCUT2D eigenvalue weighted by Gasteiger charge is -2.11. The van der Waals surface area contributed by atoms with E-state index in [1.54, 1.807) is 18.2 Å². The Hall–Kier alpha value is -2.21. The number of primary amides is 1. The van der Waals surface area contributed by atoms with Gasteiger partial charge in [0.2, 0.25) is 0 Å². The molecule has 0 fully saturated rings. The largest absolute Gasteiger partial charge is 0.493 e. The molecule has 7 heteroatoms. The number of nitrogens with two attached hydrogens (primary N) is 1. The van der Waals surface area contributed by atoms with E-state index < -0.39 is 6.03 Å². The maximum absolute atomic E-state index is 10.5. The minimum absolute atomic E-state index is 0.337. The van der Waals surface area contributed by atoms with E-state index in [9.17, 15) is 4.79 Å². The first-order chi connectivity index (χ1) is 9.08. The Balaban J connectivity index is 2.98. The summed E-state index contributed by atoms with van der Waals surface area (Å²) in [6, 6.07) is 2.47. The SMILES string of the molecule is C=CCOc1cc(Cl)c(C=NNC(N)=O)cc1OC. The van der Waals surface area contributed by atoms with Gasteiger partial charge in [0.05, 0.1) is 18.3 Å². The van der Waals surface area contributed by atoms with E-state index in [-0.39, 0.29) is 0 Å². The lowest BCUT2D eigenvalue weighted by atomic mass is 10.2. The van der Waals surface area contributed by atoms with Crippen molar-refractivity contribution in [3.63, 3.8) is 0 Å². The molecule has 0 atom stereocenters. The number of carbonyl (C=O) groups excluding carboxylic acids is 1. The third kappa shape index (κ3) is 4.51. The van der Waals surface area contributed by atoms with E-state index in [1.807, 2.05) is 0 Å². The van der Waals surface area contributed by atoms with E-state index in [1.165, 1.54) is 13.3 Å². The molecule has 3 N–H and O–H groups in total. The van der Waals surface area contributed by atoms with Gasteiger partial charge in [-0.25, -0.2) is 10.2 Å². The highest BCUT2D eigenvalue weighted by atomic mass is 35.5. The fourth-order valence-corrected chi connectivity index (χ4v) is 1.44. The smallest absolute Gasteiger partial charge is 0.332 e. The molecule has 0 spiro atoms. The number of methoxy groups -OCH3 is 1. The van der Waals surface area contributed by atoms with Crippen LogP contribution in [0.5, 0.6) is 11.5 Å². The van der Waals surface area contributed by atoms with E-state index >= 15 is 0 Å². The Morgan fingerprint density at radius 2 is 2.32 bits per heavy atom. The number of rotatable bonds is 6. The van der Waals surface area contributed by atoms with E-state index in [0.717, 1.165) is 0 Å². The van der Waals surface area contributed by atoms with Crippen molar-refractivity contribution >= 4 is 23.8 Å². The molecule has 0 saturated heterocycles. The van der Waals surface area contributed by atoms with Crippen LogP contribution in [-0.2, 0) is 0 Å².